The Morgan fingerprint density at radius 3 is 1.72 bits per heavy atom. The molecule has 0 aliphatic heterocycles. The van der Waals surface area contributed by atoms with E-state index >= 15 is 0 Å². The molecule has 2 fully saturated rings. The van der Waals surface area contributed by atoms with Crippen molar-refractivity contribution < 1.29 is 31.1 Å². The van der Waals surface area contributed by atoms with Crippen LogP contribution in [0, 0.1) is 41.1 Å². The van der Waals surface area contributed by atoms with Crippen LogP contribution in [0.1, 0.15) is 96.0 Å². The number of alkyl halides is 3. The van der Waals surface area contributed by atoms with Gasteiger partial charge in [-0.25, -0.2) is 13.2 Å². The fourth-order valence-corrected chi connectivity index (χ4v) is 6.54. The Kier molecular flexibility index (Phi) is 10.3. The van der Waals surface area contributed by atoms with Crippen LogP contribution in [-0.4, -0.2) is 6.36 Å². The van der Waals surface area contributed by atoms with Gasteiger partial charge in [0.05, 0.1) is 0 Å². The molecule has 0 amide bonds. The largest absolute Gasteiger partial charge is 0.573 e. The average molecular weight is 555 g/mol. The van der Waals surface area contributed by atoms with E-state index in [1.165, 1.54) is 89.2 Å². The van der Waals surface area contributed by atoms with Gasteiger partial charge in [0, 0.05) is 5.56 Å². The van der Waals surface area contributed by atoms with E-state index in [2.05, 4.69) is 11.7 Å². The Morgan fingerprint density at radius 1 is 0.692 bits per heavy atom. The van der Waals surface area contributed by atoms with E-state index < -0.39 is 29.6 Å². The molecule has 0 unspecified atom stereocenters. The van der Waals surface area contributed by atoms with Crippen molar-refractivity contribution in [2.24, 2.45) is 23.7 Å². The van der Waals surface area contributed by atoms with Crippen molar-refractivity contribution in [3.05, 3.63) is 53.3 Å². The highest BCUT2D eigenvalue weighted by atomic mass is 19.4. The Labute approximate surface area is 228 Å². The molecular weight excluding hydrogens is 514 g/mol. The van der Waals surface area contributed by atoms with Gasteiger partial charge >= 0.3 is 6.36 Å². The summed E-state index contributed by atoms with van der Waals surface area (Å²) in [5.41, 5.74) is 0.539. The molecule has 0 radical (unpaired) electrons. The fourth-order valence-electron chi connectivity index (χ4n) is 6.54. The van der Waals surface area contributed by atoms with Gasteiger partial charge in [0.1, 0.15) is 5.82 Å². The fraction of sp³-hybridized carbons (Fsp3) is 0.625. The van der Waals surface area contributed by atoms with E-state index in [1.807, 2.05) is 0 Å². The molecular formula is C32H40F6O. The van der Waals surface area contributed by atoms with Crippen molar-refractivity contribution in [3.63, 3.8) is 0 Å². The lowest BCUT2D eigenvalue weighted by molar-refractivity contribution is -0.276. The smallest absolute Gasteiger partial charge is 0.399 e. The Hall–Kier alpha value is -2.18. The van der Waals surface area contributed by atoms with Crippen LogP contribution < -0.4 is 4.74 Å². The van der Waals surface area contributed by atoms with Crippen LogP contribution in [0.15, 0.2) is 30.3 Å². The first-order valence-corrected chi connectivity index (χ1v) is 14.6. The number of rotatable bonds is 10. The van der Waals surface area contributed by atoms with Gasteiger partial charge in [0.15, 0.2) is 11.6 Å². The molecule has 2 saturated carbocycles. The third-order valence-corrected chi connectivity index (χ3v) is 8.98. The molecule has 2 aromatic carbocycles. The average Bonchev–Trinajstić information content (AvgIpc) is 2.89. The molecule has 2 aliphatic rings. The quantitative estimate of drug-likeness (QED) is 0.210. The summed E-state index contributed by atoms with van der Waals surface area (Å²) in [5.74, 6) is -1.97. The van der Waals surface area contributed by atoms with Gasteiger partial charge < -0.3 is 4.74 Å². The first-order valence-electron chi connectivity index (χ1n) is 14.6. The minimum atomic E-state index is -5.23. The van der Waals surface area contributed by atoms with Crippen molar-refractivity contribution >= 4 is 0 Å². The zero-order valence-electron chi connectivity index (χ0n) is 22.8. The van der Waals surface area contributed by atoms with Crippen molar-refractivity contribution in [2.45, 2.75) is 103 Å². The Balaban J connectivity index is 1.20. The molecule has 0 heterocycles. The van der Waals surface area contributed by atoms with E-state index in [4.69, 9.17) is 0 Å². The first kappa shape index (κ1) is 29.8. The number of ether oxygens (including phenoxy) is 1. The summed E-state index contributed by atoms with van der Waals surface area (Å²) in [4.78, 5) is 0. The summed E-state index contributed by atoms with van der Waals surface area (Å²) in [6.45, 7) is 2.37. The lowest BCUT2D eigenvalue weighted by Crippen LogP contribution is -2.19. The second-order valence-electron chi connectivity index (χ2n) is 12.0. The third kappa shape index (κ3) is 8.91. The van der Waals surface area contributed by atoms with E-state index in [9.17, 15) is 26.3 Å². The van der Waals surface area contributed by atoms with Crippen LogP contribution in [0.5, 0.6) is 5.75 Å². The van der Waals surface area contributed by atoms with Gasteiger partial charge in [-0.3, -0.25) is 0 Å². The highest BCUT2D eigenvalue weighted by Gasteiger charge is 2.34. The zero-order chi connectivity index (χ0) is 28.0. The zero-order valence-corrected chi connectivity index (χ0v) is 22.8. The SMILES string of the molecule is CC1CCC(CCCCC2CCC(CCc3ccc(-c4cc(F)c(OC(F)(F)F)c(F)c4)c(F)c3)CC2)CC1. The maximum Gasteiger partial charge on any atom is 0.573 e. The normalized spacial score (nSPS) is 24.1. The number of unbranched alkanes of at least 4 members (excludes halogenated alkanes) is 1. The van der Waals surface area contributed by atoms with Gasteiger partial charge in [-0.1, -0.05) is 96.1 Å². The number of halogens is 6. The number of benzene rings is 2. The van der Waals surface area contributed by atoms with Crippen molar-refractivity contribution in [1.29, 1.82) is 0 Å². The van der Waals surface area contributed by atoms with Crippen molar-refractivity contribution in [3.8, 4) is 16.9 Å². The van der Waals surface area contributed by atoms with Crippen molar-refractivity contribution in [1.82, 2.24) is 0 Å². The monoisotopic (exact) mass is 554 g/mol. The van der Waals surface area contributed by atoms with E-state index in [-0.39, 0.29) is 11.1 Å². The topological polar surface area (TPSA) is 9.23 Å². The Bertz CT molecular complexity index is 1040. The molecule has 39 heavy (non-hydrogen) atoms. The predicted octanol–water partition coefficient (Wildman–Crippen LogP) is 10.8. The predicted molar refractivity (Wildman–Crippen MR) is 142 cm³/mol. The molecule has 0 aromatic heterocycles. The lowest BCUT2D eigenvalue weighted by Gasteiger charge is -2.29. The number of hydrogen-bond donors (Lipinski definition) is 0. The molecule has 0 atom stereocenters. The minimum Gasteiger partial charge on any atom is -0.399 e. The standard InChI is InChI=1S/C32H40F6O/c1-21-6-8-22(9-7-21)4-2-3-5-23-10-12-24(13-11-23)14-15-25-16-17-27(28(33)18-25)26-19-29(34)31(30(35)20-26)39-32(36,37)38/h16-24H,2-15H2,1H3. The summed E-state index contributed by atoms with van der Waals surface area (Å²) in [6, 6.07) is 5.79. The molecule has 0 saturated heterocycles. The molecule has 216 valence electrons. The van der Waals surface area contributed by atoms with E-state index in [1.54, 1.807) is 6.07 Å². The van der Waals surface area contributed by atoms with Gasteiger partial charge in [-0.15, -0.1) is 13.2 Å². The summed E-state index contributed by atoms with van der Waals surface area (Å²) in [7, 11) is 0. The molecule has 0 N–H and O–H groups in total. The van der Waals surface area contributed by atoms with Crippen LogP contribution in [0.2, 0.25) is 0 Å². The van der Waals surface area contributed by atoms with Crippen LogP contribution in [0.3, 0.4) is 0 Å². The van der Waals surface area contributed by atoms with Crippen LogP contribution in [-0.2, 0) is 6.42 Å². The van der Waals surface area contributed by atoms with Gasteiger partial charge in [-0.05, 0) is 65.8 Å². The highest BCUT2D eigenvalue weighted by Crippen LogP contribution is 2.37. The summed E-state index contributed by atoms with van der Waals surface area (Å²) < 4.78 is 83.5. The second-order valence-corrected chi connectivity index (χ2v) is 12.0. The Morgan fingerprint density at radius 2 is 1.21 bits per heavy atom. The molecule has 0 bridgehead atoms. The summed E-state index contributed by atoms with van der Waals surface area (Å²) in [6.07, 6.45) is 12.5. The van der Waals surface area contributed by atoms with Crippen LogP contribution in [0.4, 0.5) is 26.3 Å². The summed E-state index contributed by atoms with van der Waals surface area (Å²) >= 11 is 0. The first-order chi connectivity index (χ1) is 18.6. The van der Waals surface area contributed by atoms with Gasteiger partial charge in [0.2, 0.25) is 5.75 Å². The molecule has 2 aliphatic carbocycles. The summed E-state index contributed by atoms with van der Waals surface area (Å²) in [5, 5.41) is 0. The van der Waals surface area contributed by atoms with Crippen LogP contribution >= 0.6 is 0 Å². The molecule has 7 heteroatoms. The van der Waals surface area contributed by atoms with Crippen molar-refractivity contribution in [2.75, 3.05) is 0 Å². The number of aryl methyl sites for hydroxylation is 1. The minimum absolute atomic E-state index is 0.0753. The second kappa shape index (κ2) is 13.5. The molecule has 2 aromatic rings. The maximum absolute atomic E-state index is 14.8. The van der Waals surface area contributed by atoms with Gasteiger partial charge in [-0.2, -0.15) is 0 Å². The molecule has 0 spiro atoms. The number of hydrogen-bond acceptors (Lipinski definition) is 1. The van der Waals surface area contributed by atoms with E-state index in [0.717, 1.165) is 29.7 Å². The molecule has 1 nitrogen and oxygen atoms in total. The van der Waals surface area contributed by atoms with E-state index in [0.29, 0.717) is 24.5 Å². The third-order valence-electron chi connectivity index (χ3n) is 8.98. The lowest BCUT2D eigenvalue weighted by atomic mass is 9.77. The molecule has 4 rings (SSSR count). The van der Waals surface area contributed by atoms with Gasteiger partial charge in [0.25, 0.3) is 0 Å². The maximum atomic E-state index is 14.8. The van der Waals surface area contributed by atoms with Crippen LogP contribution in [0.25, 0.3) is 11.1 Å². The highest BCUT2D eigenvalue weighted by molar-refractivity contribution is 5.65.